The molecule has 0 aromatic heterocycles. The van der Waals surface area contributed by atoms with Gasteiger partial charge in [-0.15, -0.1) is 0 Å². The number of aliphatic carboxylic acids is 1. The van der Waals surface area contributed by atoms with E-state index >= 15 is 0 Å². The smallest absolute Gasteiger partial charge is 0.309 e. The third-order valence-electron chi connectivity index (χ3n) is 5.38. The second-order valence-electron chi connectivity index (χ2n) is 7.07. The largest absolute Gasteiger partial charge is 0.491 e. The average molecular weight is 377 g/mol. The van der Waals surface area contributed by atoms with Crippen LogP contribution in [0.3, 0.4) is 0 Å². The van der Waals surface area contributed by atoms with Crippen molar-refractivity contribution < 1.29 is 28.9 Å². The number of methoxy groups -OCH3 is 1. The molecule has 2 heterocycles. The molecule has 2 fully saturated rings. The van der Waals surface area contributed by atoms with Gasteiger partial charge in [0.25, 0.3) is 5.91 Å². The van der Waals surface area contributed by atoms with Gasteiger partial charge >= 0.3 is 5.97 Å². The third-order valence-corrected chi connectivity index (χ3v) is 5.38. The summed E-state index contributed by atoms with van der Waals surface area (Å²) < 4.78 is 16.2. The van der Waals surface area contributed by atoms with Crippen molar-refractivity contribution >= 4 is 11.9 Å². The summed E-state index contributed by atoms with van der Waals surface area (Å²) >= 11 is 0. The number of carboxylic acids is 1. The second-order valence-corrected chi connectivity index (χ2v) is 7.07. The maximum absolute atomic E-state index is 12.8. The molecule has 0 spiro atoms. The maximum atomic E-state index is 12.8. The molecule has 2 aliphatic heterocycles. The molecule has 3 rings (SSSR count). The normalized spacial score (nSPS) is 23.4. The third kappa shape index (κ3) is 4.78. The molecule has 0 bridgehead atoms. The Kier molecular flexibility index (Phi) is 6.68. The Labute approximate surface area is 159 Å². The molecule has 27 heavy (non-hydrogen) atoms. The summed E-state index contributed by atoms with van der Waals surface area (Å²) in [5, 5.41) is 9.34. The number of rotatable bonds is 7. The van der Waals surface area contributed by atoms with Crippen LogP contribution in [0.5, 0.6) is 5.75 Å². The minimum atomic E-state index is -0.777. The lowest BCUT2D eigenvalue weighted by atomic mass is 9.84. The summed E-state index contributed by atoms with van der Waals surface area (Å²) in [4.78, 5) is 26.0. The first kappa shape index (κ1) is 19.6. The predicted octanol–water partition coefficient (Wildman–Crippen LogP) is 2.05. The highest BCUT2D eigenvalue weighted by Gasteiger charge is 2.40. The van der Waals surface area contributed by atoms with E-state index in [0.29, 0.717) is 50.6 Å². The molecule has 2 atom stereocenters. The first-order valence-corrected chi connectivity index (χ1v) is 9.45. The number of benzene rings is 1. The van der Waals surface area contributed by atoms with Gasteiger partial charge in [-0.25, -0.2) is 0 Å². The van der Waals surface area contributed by atoms with Gasteiger partial charge in [0.1, 0.15) is 12.4 Å². The van der Waals surface area contributed by atoms with Crippen LogP contribution in [0.25, 0.3) is 0 Å². The summed E-state index contributed by atoms with van der Waals surface area (Å²) in [6, 6.07) is 7.18. The van der Waals surface area contributed by atoms with Gasteiger partial charge in [-0.2, -0.15) is 0 Å². The monoisotopic (exact) mass is 377 g/mol. The number of carbonyl (C=O) groups is 2. The van der Waals surface area contributed by atoms with Crippen molar-refractivity contribution in [2.24, 2.45) is 11.8 Å². The van der Waals surface area contributed by atoms with E-state index in [-0.39, 0.29) is 17.9 Å². The number of carboxylic acid groups (broad SMARTS) is 1. The van der Waals surface area contributed by atoms with E-state index in [1.807, 2.05) is 17.0 Å². The fourth-order valence-corrected chi connectivity index (χ4v) is 3.92. The molecule has 1 N–H and O–H groups in total. The van der Waals surface area contributed by atoms with Crippen LogP contribution in [0, 0.1) is 11.8 Å². The van der Waals surface area contributed by atoms with Gasteiger partial charge in [-0.05, 0) is 43.4 Å². The van der Waals surface area contributed by atoms with Crippen LogP contribution in [-0.4, -0.2) is 68.0 Å². The van der Waals surface area contributed by atoms with Gasteiger partial charge in [0, 0.05) is 32.4 Å². The van der Waals surface area contributed by atoms with Gasteiger partial charge in [0.15, 0.2) is 0 Å². The molecule has 2 saturated heterocycles. The van der Waals surface area contributed by atoms with Crippen LogP contribution < -0.4 is 4.74 Å². The summed E-state index contributed by atoms with van der Waals surface area (Å²) in [6.45, 7) is 2.67. The molecule has 7 nitrogen and oxygen atoms in total. The quantitative estimate of drug-likeness (QED) is 0.732. The van der Waals surface area contributed by atoms with E-state index in [1.165, 1.54) is 0 Å². The van der Waals surface area contributed by atoms with Crippen molar-refractivity contribution in [1.29, 1.82) is 0 Å². The number of piperidine rings is 1. The standard InChI is InChI=1S/C20H27NO6/c1-25-11-12-26-16-4-2-3-15(13-16)19(22)21-8-5-14(6-9-21)18-17(20(23)24)7-10-27-18/h2-4,13-14,17-18H,5-12H2,1H3,(H,23,24)/t17?,18-/m0/s1. The summed E-state index contributed by atoms with van der Waals surface area (Å²) in [5.41, 5.74) is 0.601. The fourth-order valence-electron chi connectivity index (χ4n) is 3.92. The SMILES string of the molecule is COCCOc1cccc(C(=O)N2CCC([C@@H]3OCCC3C(=O)O)CC2)c1. The molecule has 7 heteroatoms. The zero-order valence-corrected chi connectivity index (χ0v) is 15.6. The van der Waals surface area contributed by atoms with Crippen molar-refractivity contribution in [3.05, 3.63) is 29.8 Å². The van der Waals surface area contributed by atoms with Crippen molar-refractivity contribution in [3.8, 4) is 5.75 Å². The molecule has 0 aliphatic carbocycles. The van der Waals surface area contributed by atoms with Crippen LogP contribution >= 0.6 is 0 Å². The van der Waals surface area contributed by atoms with E-state index in [2.05, 4.69) is 0 Å². The molecule has 2 aliphatic rings. The number of ether oxygens (including phenoxy) is 3. The van der Waals surface area contributed by atoms with E-state index in [4.69, 9.17) is 14.2 Å². The molecular formula is C20H27NO6. The van der Waals surface area contributed by atoms with Crippen molar-refractivity contribution in [2.45, 2.75) is 25.4 Å². The van der Waals surface area contributed by atoms with Crippen LogP contribution in [0.1, 0.15) is 29.6 Å². The molecule has 148 valence electrons. The van der Waals surface area contributed by atoms with Crippen LogP contribution in [0.15, 0.2) is 24.3 Å². The Bertz CT molecular complexity index is 656. The maximum Gasteiger partial charge on any atom is 0.309 e. The molecule has 1 aromatic carbocycles. The van der Waals surface area contributed by atoms with Crippen LogP contribution in [0.2, 0.25) is 0 Å². The second kappa shape index (κ2) is 9.19. The fraction of sp³-hybridized carbons (Fsp3) is 0.600. The topological polar surface area (TPSA) is 85.3 Å². The molecule has 1 amide bonds. The lowest BCUT2D eigenvalue weighted by Crippen LogP contribution is -2.43. The number of hydrogen-bond acceptors (Lipinski definition) is 5. The zero-order valence-electron chi connectivity index (χ0n) is 15.6. The first-order chi connectivity index (χ1) is 13.1. The highest BCUT2D eigenvalue weighted by atomic mass is 16.5. The lowest BCUT2D eigenvalue weighted by molar-refractivity contribution is -0.145. The summed E-state index contributed by atoms with van der Waals surface area (Å²) in [6.07, 6.45) is 1.89. The summed E-state index contributed by atoms with van der Waals surface area (Å²) in [7, 11) is 1.61. The predicted molar refractivity (Wildman–Crippen MR) is 97.9 cm³/mol. The highest BCUT2D eigenvalue weighted by molar-refractivity contribution is 5.94. The minimum absolute atomic E-state index is 0.0206. The number of amides is 1. The molecule has 0 saturated carbocycles. The minimum Gasteiger partial charge on any atom is -0.491 e. The molecular weight excluding hydrogens is 350 g/mol. The van der Waals surface area contributed by atoms with E-state index in [9.17, 15) is 14.7 Å². The Morgan fingerprint density at radius 1 is 1.22 bits per heavy atom. The van der Waals surface area contributed by atoms with Gasteiger partial charge in [0.05, 0.1) is 18.6 Å². The van der Waals surface area contributed by atoms with Crippen molar-refractivity contribution in [2.75, 3.05) is 40.0 Å². The first-order valence-electron chi connectivity index (χ1n) is 9.45. The number of nitrogens with zero attached hydrogens (tertiary/aromatic N) is 1. The van der Waals surface area contributed by atoms with E-state index < -0.39 is 11.9 Å². The van der Waals surface area contributed by atoms with Gasteiger partial charge in [0.2, 0.25) is 0 Å². The molecule has 1 aromatic rings. The van der Waals surface area contributed by atoms with Crippen LogP contribution in [-0.2, 0) is 14.3 Å². The van der Waals surface area contributed by atoms with Gasteiger partial charge < -0.3 is 24.2 Å². The Balaban J connectivity index is 1.55. The van der Waals surface area contributed by atoms with Crippen molar-refractivity contribution in [3.63, 3.8) is 0 Å². The van der Waals surface area contributed by atoms with Gasteiger partial charge in [-0.1, -0.05) is 6.07 Å². The Morgan fingerprint density at radius 3 is 2.70 bits per heavy atom. The lowest BCUT2D eigenvalue weighted by Gasteiger charge is -2.35. The van der Waals surface area contributed by atoms with E-state index in [1.54, 1.807) is 19.2 Å². The average Bonchev–Trinajstić information content (AvgIpc) is 3.18. The highest BCUT2D eigenvalue weighted by Crippen LogP contribution is 2.33. The Hall–Kier alpha value is -2.12. The number of likely N-dealkylation sites (tertiary alicyclic amines) is 1. The molecule has 0 radical (unpaired) electrons. The zero-order chi connectivity index (χ0) is 19.2. The van der Waals surface area contributed by atoms with Crippen molar-refractivity contribution in [1.82, 2.24) is 4.90 Å². The van der Waals surface area contributed by atoms with Gasteiger partial charge in [-0.3, -0.25) is 9.59 Å². The van der Waals surface area contributed by atoms with E-state index in [0.717, 1.165) is 12.8 Å². The summed E-state index contributed by atoms with van der Waals surface area (Å²) in [5.74, 6) is -0.370. The number of carbonyl (C=O) groups excluding carboxylic acids is 1. The molecule has 1 unspecified atom stereocenters. The van der Waals surface area contributed by atoms with Crippen LogP contribution in [0.4, 0.5) is 0 Å². The Morgan fingerprint density at radius 2 is 2.00 bits per heavy atom. The number of hydrogen-bond donors (Lipinski definition) is 1.